The van der Waals surface area contributed by atoms with Gasteiger partial charge in [-0.2, -0.15) is 5.10 Å². The molecule has 2 heterocycles. The van der Waals surface area contributed by atoms with Crippen molar-refractivity contribution in [3.8, 4) is 0 Å². The number of benzene rings is 1. The lowest BCUT2D eigenvalue weighted by molar-refractivity contribution is 0.420. The second kappa shape index (κ2) is 4.45. The number of aromatic amines is 1. The summed E-state index contributed by atoms with van der Waals surface area (Å²) in [5, 5.41) is 11.3. The maximum absolute atomic E-state index is 4.69. The number of fused-ring (bicyclic) bond motifs is 2. The third-order valence-electron chi connectivity index (χ3n) is 4.69. The van der Waals surface area contributed by atoms with Gasteiger partial charge in [-0.3, -0.25) is 10.1 Å². The number of aromatic nitrogens is 2. The molecule has 4 heteroatoms. The van der Waals surface area contributed by atoms with Gasteiger partial charge >= 0.3 is 0 Å². The van der Waals surface area contributed by atoms with Gasteiger partial charge in [-0.15, -0.1) is 0 Å². The fourth-order valence-corrected chi connectivity index (χ4v) is 3.53. The summed E-state index contributed by atoms with van der Waals surface area (Å²) in [6.07, 6.45) is 3.53. The minimum atomic E-state index is 0.186. The Balaban J connectivity index is 1.86. The Labute approximate surface area is 124 Å². The standard InChI is InChI=1S/C17H20N4/c1-17(2)9-5-7-12-15(20-21-16(12)17)14-11-6-3-4-8-13(11)18-10-19-14/h3-4,6,8,18H,5,7,9-10H2,1-2H3,(H,20,21). The van der Waals surface area contributed by atoms with E-state index in [4.69, 9.17) is 4.99 Å². The van der Waals surface area contributed by atoms with Crippen molar-refractivity contribution >= 4 is 11.4 Å². The predicted molar refractivity (Wildman–Crippen MR) is 85.1 cm³/mol. The highest BCUT2D eigenvalue weighted by Gasteiger charge is 2.33. The van der Waals surface area contributed by atoms with Crippen LogP contribution in [-0.4, -0.2) is 22.6 Å². The summed E-state index contributed by atoms with van der Waals surface area (Å²) >= 11 is 0. The number of nitrogens with one attached hydrogen (secondary N) is 2. The number of H-pyrrole nitrogens is 1. The van der Waals surface area contributed by atoms with E-state index in [1.54, 1.807) is 0 Å². The van der Waals surface area contributed by atoms with Crippen LogP contribution in [0.4, 0.5) is 5.69 Å². The molecule has 0 amide bonds. The van der Waals surface area contributed by atoms with Crippen LogP contribution in [-0.2, 0) is 11.8 Å². The van der Waals surface area contributed by atoms with Crippen molar-refractivity contribution in [2.24, 2.45) is 4.99 Å². The van der Waals surface area contributed by atoms with E-state index >= 15 is 0 Å². The number of anilines is 1. The van der Waals surface area contributed by atoms with Gasteiger partial charge in [-0.1, -0.05) is 32.0 Å². The quantitative estimate of drug-likeness (QED) is 0.842. The van der Waals surface area contributed by atoms with Gasteiger partial charge in [-0.05, 0) is 25.3 Å². The van der Waals surface area contributed by atoms with Gasteiger partial charge in [-0.25, -0.2) is 0 Å². The Morgan fingerprint density at radius 1 is 1.19 bits per heavy atom. The summed E-state index contributed by atoms with van der Waals surface area (Å²) in [6.45, 7) is 5.22. The summed E-state index contributed by atoms with van der Waals surface area (Å²) < 4.78 is 0. The molecule has 0 spiro atoms. The summed E-state index contributed by atoms with van der Waals surface area (Å²) in [5.41, 5.74) is 7.22. The van der Waals surface area contributed by atoms with Crippen LogP contribution >= 0.6 is 0 Å². The fourth-order valence-electron chi connectivity index (χ4n) is 3.53. The zero-order valence-corrected chi connectivity index (χ0v) is 12.5. The fraction of sp³-hybridized carbons (Fsp3) is 0.412. The maximum atomic E-state index is 4.69. The Bertz CT molecular complexity index is 724. The van der Waals surface area contributed by atoms with Crippen molar-refractivity contribution in [2.45, 2.75) is 38.5 Å². The van der Waals surface area contributed by atoms with E-state index in [1.807, 2.05) is 0 Å². The van der Waals surface area contributed by atoms with Gasteiger partial charge in [0, 0.05) is 27.9 Å². The van der Waals surface area contributed by atoms with Gasteiger partial charge in [0.05, 0.1) is 5.71 Å². The Kier molecular flexibility index (Phi) is 2.67. The molecule has 0 saturated heterocycles. The van der Waals surface area contributed by atoms with Gasteiger partial charge in [0.2, 0.25) is 0 Å². The lowest BCUT2D eigenvalue weighted by Gasteiger charge is -2.29. The van der Waals surface area contributed by atoms with Gasteiger partial charge in [0.25, 0.3) is 0 Å². The third kappa shape index (κ3) is 1.89. The van der Waals surface area contributed by atoms with E-state index in [-0.39, 0.29) is 5.41 Å². The van der Waals surface area contributed by atoms with Crippen molar-refractivity contribution in [3.63, 3.8) is 0 Å². The molecule has 4 nitrogen and oxygen atoms in total. The molecule has 1 aromatic heterocycles. The number of para-hydroxylation sites is 1. The zero-order chi connectivity index (χ0) is 14.4. The average Bonchev–Trinajstić information content (AvgIpc) is 2.92. The smallest absolute Gasteiger partial charge is 0.114 e. The summed E-state index contributed by atoms with van der Waals surface area (Å²) in [4.78, 5) is 4.69. The second-order valence-corrected chi connectivity index (χ2v) is 6.55. The molecule has 0 radical (unpaired) electrons. The minimum absolute atomic E-state index is 0.186. The van der Waals surface area contributed by atoms with Crippen LogP contribution in [0.5, 0.6) is 0 Å². The molecule has 2 aromatic rings. The molecular weight excluding hydrogens is 260 g/mol. The average molecular weight is 280 g/mol. The van der Waals surface area contributed by atoms with Crippen LogP contribution in [0.15, 0.2) is 29.3 Å². The molecule has 2 N–H and O–H groups in total. The summed E-state index contributed by atoms with van der Waals surface area (Å²) in [7, 11) is 0. The molecule has 4 rings (SSSR count). The molecule has 108 valence electrons. The minimum Gasteiger partial charge on any atom is -0.366 e. The van der Waals surface area contributed by atoms with Gasteiger partial charge in [0.1, 0.15) is 12.4 Å². The molecule has 1 aromatic carbocycles. The SMILES string of the molecule is CC1(C)CCCc2c(C3=NCNc4ccccc43)n[nH]c21. The summed E-state index contributed by atoms with van der Waals surface area (Å²) in [6, 6.07) is 8.34. The van der Waals surface area contributed by atoms with E-state index in [9.17, 15) is 0 Å². The first-order chi connectivity index (χ1) is 10.2. The van der Waals surface area contributed by atoms with Gasteiger partial charge < -0.3 is 5.32 Å². The van der Waals surface area contributed by atoms with Crippen LogP contribution in [0.3, 0.4) is 0 Å². The summed E-state index contributed by atoms with van der Waals surface area (Å²) in [5.74, 6) is 0. The number of rotatable bonds is 1. The van der Waals surface area contributed by atoms with Crippen molar-refractivity contribution < 1.29 is 0 Å². The predicted octanol–water partition coefficient (Wildman–Crippen LogP) is 3.24. The highest BCUT2D eigenvalue weighted by molar-refractivity contribution is 6.16. The van der Waals surface area contributed by atoms with Crippen molar-refractivity contribution in [2.75, 3.05) is 12.0 Å². The highest BCUT2D eigenvalue weighted by atomic mass is 15.1. The zero-order valence-electron chi connectivity index (χ0n) is 12.5. The van der Waals surface area contributed by atoms with Crippen molar-refractivity contribution in [1.82, 2.24) is 10.2 Å². The number of hydrogen-bond acceptors (Lipinski definition) is 3. The highest BCUT2D eigenvalue weighted by Crippen LogP contribution is 2.37. The first-order valence-electron chi connectivity index (χ1n) is 7.63. The van der Waals surface area contributed by atoms with E-state index in [0.29, 0.717) is 6.67 Å². The van der Waals surface area contributed by atoms with Gasteiger partial charge in [0.15, 0.2) is 0 Å². The number of hydrogen-bond donors (Lipinski definition) is 2. The molecule has 1 aliphatic heterocycles. The van der Waals surface area contributed by atoms with Crippen LogP contribution in [0.1, 0.15) is 49.2 Å². The van der Waals surface area contributed by atoms with Crippen molar-refractivity contribution in [3.05, 3.63) is 46.8 Å². The first-order valence-corrected chi connectivity index (χ1v) is 7.63. The Hall–Kier alpha value is -2.10. The number of aliphatic imine (C=N–C) groups is 1. The van der Waals surface area contributed by atoms with Crippen LogP contribution in [0.25, 0.3) is 0 Å². The molecule has 1 aliphatic carbocycles. The molecule has 0 fully saturated rings. The first kappa shape index (κ1) is 12.6. The Morgan fingerprint density at radius 3 is 2.95 bits per heavy atom. The monoisotopic (exact) mass is 280 g/mol. The second-order valence-electron chi connectivity index (χ2n) is 6.55. The molecule has 2 aliphatic rings. The Morgan fingerprint density at radius 2 is 2.05 bits per heavy atom. The lowest BCUT2D eigenvalue weighted by atomic mass is 9.75. The van der Waals surface area contributed by atoms with Crippen LogP contribution < -0.4 is 5.32 Å². The van der Waals surface area contributed by atoms with Crippen LogP contribution in [0, 0.1) is 0 Å². The molecule has 21 heavy (non-hydrogen) atoms. The normalized spacial score (nSPS) is 19.2. The lowest BCUT2D eigenvalue weighted by Crippen LogP contribution is -2.25. The van der Waals surface area contributed by atoms with Crippen molar-refractivity contribution in [1.29, 1.82) is 0 Å². The molecule has 0 saturated carbocycles. The van der Waals surface area contributed by atoms with E-state index < -0.39 is 0 Å². The van der Waals surface area contributed by atoms with E-state index in [1.165, 1.54) is 24.1 Å². The van der Waals surface area contributed by atoms with Crippen LogP contribution in [0.2, 0.25) is 0 Å². The largest absolute Gasteiger partial charge is 0.366 e. The molecule has 0 atom stereocenters. The third-order valence-corrected chi connectivity index (χ3v) is 4.69. The molecular formula is C17H20N4. The van der Waals surface area contributed by atoms with E-state index in [2.05, 4.69) is 53.6 Å². The van der Waals surface area contributed by atoms with E-state index in [0.717, 1.165) is 29.1 Å². The topological polar surface area (TPSA) is 53.1 Å². The molecule has 0 unspecified atom stereocenters. The number of nitrogens with zero attached hydrogens (tertiary/aromatic N) is 2. The molecule has 0 bridgehead atoms. The maximum Gasteiger partial charge on any atom is 0.114 e.